The molecule has 0 saturated carbocycles. The van der Waals surface area contributed by atoms with Crippen LogP contribution in [0.5, 0.6) is 0 Å². The molecule has 0 bridgehead atoms. The van der Waals surface area contributed by atoms with Crippen molar-refractivity contribution in [3.63, 3.8) is 0 Å². The van der Waals surface area contributed by atoms with Gasteiger partial charge in [-0.1, -0.05) is 12.1 Å². The van der Waals surface area contributed by atoms with Crippen LogP contribution in [0.1, 0.15) is 15.9 Å². The molecule has 0 atom stereocenters. The largest absolute Gasteiger partial charge is 0.465 e. The van der Waals surface area contributed by atoms with Crippen molar-refractivity contribution >= 4 is 32.3 Å². The number of hydrogen-bond donors (Lipinski definition) is 1. The first-order chi connectivity index (χ1) is 6.15. The van der Waals surface area contributed by atoms with Crippen LogP contribution in [0, 0.1) is 5.41 Å². The van der Waals surface area contributed by atoms with E-state index in [1.165, 1.54) is 7.11 Å². The van der Waals surface area contributed by atoms with Gasteiger partial charge in [-0.15, -0.1) is 0 Å². The highest BCUT2D eigenvalue weighted by Gasteiger charge is 2.06. The van der Waals surface area contributed by atoms with Crippen molar-refractivity contribution in [1.82, 2.24) is 0 Å². The maximum Gasteiger partial charge on any atom is 0.337 e. The molecule has 0 aromatic heterocycles. The van der Waals surface area contributed by atoms with Gasteiger partial charge in [0, 0.05) is 5.56 Å². The average molecular weight is 289 g/mol. The zero-order valence-electron chi connectivity index (χ0n) is 7.00. The summed E-state index contributed by atoms with van der Waals surface area (Å²) in [6, 6.07) is 6.81. The fraction of sp³-hybridized carbons (Fsp3) is 0.111. The van der Waals surface area contributed by atoms with Crippen molar-refractivity contribution in [3.8, 4) is 0 Å². The lowest BCUT2D eigenvalue weighted by Gasteiger charge is -2.00. The highest BCUT2D eigenvalue weighted by Crippen LogP contribution is 2.09. The third-order valence-electron chi connectivity index (χ3n) is 1.54. The highest BCUT2D eigenvalue weighted by molar-refractivity contribution is 14.1. The molecule has 3 nitrogen and oxygen atoms in total. The summed E-state index contributed by atoms with van der Waals surface area (Å²) in [7, 11) is 1.34. The summed E-state index contributed by atoms with van der Waals surface area (Å²) in [6.07, 6.45) is 0. The number of nitrogens with one attached hydrogen (secondary N) is 1. The van der Waals surface area contributed by atoms with Gasteiger partial charge in [0.2, 0.25) is 0 Å². The second kappa shape index (κ2) is 4.36. The van der Waals surface area contributed by atoms with Crippen molar-refractivity contribution in [1.29, 1.82) is 5.41 Å². The molecule has 0 fully saturated rings. The highest BCUT2D eigenvalue weighted by atomic mass is 127. The molecule has 1 aromatic rings. The van der Waals surface area contributed by atoms with Crippen molar-refractivity contribution in [2.75, 3.05) is 7.11 Å². The van der Waals surface area contributed by atoms with E-state index in [0.29, 0.717) is 9.28 Å². The van der Waals surface area contributed by atoms with Gasteiger partial charge in [-0.05, 0) is 34.7 Å². The van der Waals surface area contributed by atoms with Crippen LogP contribution < -0.4 is 0 Å². The molecule has 1 N–H and O–H groups in total. The lowest BCUT2D eigenvalue weighted by Crippen LogP contribution is -2.02. The quantitative estimate of drug-likeness (QED) is 0.515. The number of carbonyl (C=O) groups excluding carboxylic acids is 1. The number of ether oxygens (including phenoxy) is 1. The van der Waals surface area contributed by atoms with Crippen molar-refractivity contribution < 1.29 is 9.53 Å². The zero-order chi connectivity index (χ0) is 9.84. The number of halogens is 1. The summed E-state index contributed by atoms with van der Waals surface area (Å²) in [6.45, 7) is 0. The molecule has 68 valence electrons. The molecule has 0 unspecified atom stereocenters. The smallest absolute Gasteiger partial charge is 0.337 e. The van der Waals surface area contributed by atoms with Crippen LogP contribution >= 0.6 is 22.6 Å². The van der Waals surface area contributed by atoms with E-state index in [4.69, 9.17) is 5.41 Å². The molecular formula is C9H8INO2. The standard InChI is InChI=1S/C9H8INO2/c1-13-9(12)7-4-2-3-6(5-7)8(10)11/h2-5,11H,1H3. The summed E-state index contributed by atoms with van der Waals surface area (Å²) < 4.78 is 4.97. The van der Waals surface area contributed by atoms with E-state index in [-0.39, 0.29) is 5.97 Å². The van der Waals surface area contributed by atoms with E-state index in [1.807, 2.05) is 22.6 Å². The normalized spacial score (nSPS) is 9.38. The minimum Gasteiger partial charge on any atom is -0.465 e. The molecule has 4 heteroatoms. The summed E-state index contributed by atoms with van der Waals surface area (Å²) in [5.74, 6) is -0.375. The topological polar surface area (TPSA) is 50.2 Å². The Morgan fingerprint density at radius 1 is 1.46 bits per heavy atom. The molecule has 0 aliphatic carbocycles. The first kappa shape index (κ1) is 10.2. The second-order valence-electron chi connectivity index (χ2n) is 2.39. The predicted molar refractivity (Wildman–Crippen MR) is 58.6 cm³/mol. The SMILES string of the molecule is COC(=O)c1cccc(C(=N)I)c1. The van der Waals surface area contributed by atoms with Crippen LogP contribution in [-0.4, -0.2) is 16.8 Å². The fourth-order valence-corrected chi connectivity index (χ4v) is 1.24. The average Bonchev–Trinajstić information content (AvgIpc) is 2.17. The van der Waals surface area contributed by atoms with E-state index in [9.17, 15) is 4.79 Å². The number of esters is 1. The van der Waals surface area contributed by atoms with Gasteiger partial charge in [-0.25, -0.2) is 4.79 Å². The summed E-state index contributed by atoms with van der Waals surface area (Å²) in [5, 5.41) is 7.36. The third-order valence-corrected chi connectivity index (χ3v) is 2.16. The summed E-state index contributed by atoms with van der Waals surface area (Å²) in [4.78, 5) is 11.1. The van der Waals surface area contributed by atoms with Gasteiger partial charge in [0.1, 0.15) is 0 Å². The van der Waals surface area contributed by atoms with Crippen LogP contribution in [0.2, 0.25) is 0 Å². The maximum atomic E-state index is 11.1. The number of rotatable bonds is 2. The Morgan fingerprint density at radius 3 is 2.62 bits per heavy atom. The third kappa shape index (κ3) is 2.51. The first-order valence-electron chi connectivity index (χ1n) is 3.58. The Morgan fingerprint density at radius 2 is 2.08 bits per heavy atom. The van der Waals surface area contributed by atoms with Crippen LogP contribution in [-0.2, 0) is 4.74 Å². The maximum absolute atomic E-state index is 11.1. The Bertz CT molecular complexity index is 349. The molecule has 0 heterocycles. The van der Waals surface area contributed by atoms with Crippen LogP contribution in [0.3, 0.4) is 0 Å². The second-order valence-corrected chi connectivity index (χ2v) is 3.47. The lowest BCUT2D eigenvalue weighted by atomic mass is 10.1. The molecule has 0 saturated heterocycles. The van der Waals surface area contributed by atoms with Gasteiger partial charge >= 0.3 is 5.97 Å². The van der Waals surface area contributed by atoms with Crippen LogP contribution in [0.25, 0.3) is 0 Å². The van der Waals surface area contributed by atoms with Crippen LogP contribution in [0.4, 0.5) is 0 Å². The Balaban J connectivity index is 3.05. The van der Waals surface area contributed by atoms with Gasteiger partial charge in [0.25, 0.3) is 0 Å². The predicted octanol–water partition coefficient (Wildman–Crippen LogP) is 2.23. The Kier molecular flexibility index (Phi) is 3.41. The Labute approximate surface area is 89.7 Å². The summed E-state index contributed by atoms with van der Waals surface area (Å²) >= 11 is 1.89. The molecule has 0 aliphatic heterocycles. The monoisotopic (exact) mass is 289 g/mol. The van der Waals surface area contributed by atoms with Crippen molar-refractivity contribution in [3.05, 3.63) is 35.4 Å². The van der Waals surface area contributed by atoms with Gasteiger partial charge < -0.3 is 4.74 Å². The van der Waals surface area contributed by atoms with Gasteiger partial charge in [-0.3, -0.25) is 5.41 Å². The number of carbonyl (C=O) groups is 1. The molecule has 0 aliphatic rings. The lowest BCUT2D eigenvalue weighted by molar-refractivity contribution is 0.0600. The van der Waals surface area contributed by atoms with E-state index >= 15 is 0 Å². The molecular weight excluding hydrogens is 281 g/mol. The van der Waals surface area contributed by atoms with Crippen molar-refractivity contribution in [2.24, 2.45) is 0 Å². The number of methoxy groups -OCH3 is 1. The molecule has 1 aromatic carbocycles. The van der Waals surface area contributed by atoms with Gasteiger partial charge in [0.15, 0.2) is 0 Å². The minimum atomic E-state index is -0.375. The summed E-state index contributed by atoms with van der Waals surface area (Å²) in [5.41, 5.74) is 1.20. The van der Waals surface area contributed by atoms with E-state index in [1.54, 1.807) is 24.3 Å². The Hall–Kier alpha value is -0.910. The molecule has 0 radical (unpaired) electrons. The van der Waals surface area contributed by atoms with Crippen LogP contribution in [0.15, 0.2) is 24.3 Å². The van der Waals surface area contributed by atoms with Crippen molar-refractivity contribution in [2.45, 2.75) is 0 Å². The first-order valence-corrected chi connectivity index (χ1v) is 4.66. The van der Waals surface area contributed by atoms with E-state index < -0.39 is 0 Å². The van der Waals surface area contributed by atoms with Gasteiger partial charge in [0.05, 0.1) is 16.4 Å². The molecule has 0 spiro atoms. The number of hydrogen-bond acceptors (Lipinski definition) is 3. The van der Waals surface area contributed by atoms with Gasteiger partial charge in [-0.2, -0.15) is 0 Å². The van der Waals surface area contributed by atoms with E-state index in [2.05, 4.69) is 4.74 Å². The fourth-order valence-electron chi connectivity index (χ4n) is 0.901. The molecule has 0 amide bonds. The zero-order valence-corrected chi connectivity index (χ0v) is 9.16. The number of benzene rings is 1. The van der Waals surface area contributed by atoms with E-state index in [0.717, 1.165) is 5.56 Å². The molecule has 13 heavy (non-hydrogen) atoms. The minimum absolute atomic E-state index is 0.375. The molecule has 1 rings (SSSR count).